The van der Waals surface area contributed by atoms with E-state index in [-0.39, 0.29) is 5.33 Å². The molecule has 9 heteroatoms. The van der Waals surface area contributed by atoms with Gasteiger partial charge in [0.2, 0.25) is 0 Å². The highest BCUT2D eigenvalue weighted by Crippen LogP contribution is 2.29. The first-order valence-corrected chi connectivity index (χ1v) is 5.92. The topological polar surface area (TPSA) is 18.5 Å². The minimum absolute atomic E-state index is 0.146. The number of halogens is 7. The average molecular weight is 363 g/mol. The highest BCUT2D eigenvalue weighted by atomic mass is 79.9. The predicted molar refractivity (Wildman–Crippen MR) is 61.0 cm³/mol. The zero-order valence-electron chi connectivity index (χ0n) is 9.40. The molecule has 0 aliphatic carbocycles. The predicted octanol–water partition coefficient (Wildman–Crippen LogP) is 5.41. The molecule has 1 rings (SSSR count). The van der Waals surface area contributed by atoms with Crippen LogP contribution in [0.25, 0.3) is 0 Å². The van der Waals surface area contributed by atoms with Crippen LogP contribution in [0.4, 0.5) is 26.3 Å². The molecular weight excluding hydrogens is 358 g/mol. The molecule has 0 radical (unpaired) electrons. The lowest BCUT2D eigenvalue weighted by Crippen LogP contribution is -1.95. The van der Waals surface area contributed by atoms with Gasteiger partial charge < -0.3 is 9.47 Å². The van der Waals surface area contributed by atoms with Crippen molar-refractivity contribution in [2.24, 2.45) is 0 Å². The molecule has 2 nitrogen and oxygen atoms in total. The molecule has 20 heavy (non-hydrogen) atoms. The van der Waals surface area contributed by atoms with E-state index in [9.17, 15) is 26.3 Å². The van der Waals surface area contributed by atoms with Gasteiger partial charge in [0.05, 0.1) is 0 Å². The summed E-state index contributed by atoms with van der Waals surface area (Å²) in [6.07, 6.45) is -5.39. The van der Waals surface area contributed by atoms with Crippen molar-refractivity contribution in [1.82, 2.24) is 0 Å². The molecule has 0 aliphatic rings. The van der Waals surface area contributed by atoms with Crippen LogP contribution in [-0.4, -0.2) is 0 Å². The Morgan fingerprint density at radius 2 is 1.20 bits per heavy atom. The Bertz CT molecular complexity index is 506. The van der Waals surface area contributed by atoms with Crippen LogP contribution >= 0.6 is 15.9 Å². The van der Waals surface area contributed by atoms with E-state index in [1.54, 1.807) is 0 Å². The lowest BCUT2D eigenvalue weighted by Gasteiger charge is -2.08. The molecule has 1 aromatic rings. The van der Waals surface area contributed by atoms with Gasteiger partial charge in [-0.05, 0) is 17.7 Å². The van der Waals surface area contributed by atoms with Crippen LogP contribution in [0, 0.1) is 0 Å². The zero-order chi connectivity index (χ0) is 15.3. The van der Waals surface area contributed by atoms with Crippen molar-refractivity contribution in [3.63, 3.8) is 0 Å². The van der Waals surface area contributed by atoms with Crippen LogP contribution in [0.15, 0.2) is 42.4 Å². The van der Waals surface area contributed by atoms with Gasteiger partial charge in [0.25, 0.3) is 0 Å². The summed E-state index contributed by atoms with van der Waals surface area (Å²) in [4.78, 5) is 0. The maximum Gasteiger partial charge on any atom is 0.344 e. The van der Waals surface area contributed by atoms with Gasteiger partial charge in [0.1, 0.15) is 11.5 Å². The first kappa shape index (κ1) is 16.4. The van der Waals surface area contributed by atoms with Gasteiger partial charge >= 0.3 is 24.2 Å². The molecule has 0 heterocycles. The summed E-state index contributed by atoms with van der Waals surface area (Å²) in [7, 11) is 0. The lowest BCUT2D eigenvalue weighted by atomic mass is 10.2. The molecule has 0 unspecified atom stereocenters. The van der Waals surface area contributed by atoms with E-state index in [0.717, 1.165) is 18.2 Å². The molecular formula is C11H5BrF6O2. The van der Waals surface area contributed by atoms with Crippen molar-refractivity contribution in [2.45, 2.75) is 5.33 Å². The van der Waals surface area contributed by atoms with E-state index in [1.165, 1.54) is 0 Å². The van der Waals surface area contributed by atoms with Gasteiger partial charge in [-0.25, -0.2) is 0 Å². The van der Waals surface area contributed by atoms with E-state index < -0.39 is 35.7 Å². The third kappa shape index (κ3) is 4.80. The molecule has 0 N–H and O–H groups in total. The Balaban J connectivity index is 3.09. The standard InChI is InChI=1S/C11H5BrF6O2/c12-4-5-1-6(19-10(17)8(13)14)3-7(2-5)20-11(18)9(15)16/h1-3H,4H2. The average Bonchev–Trinajstić information content (AvgIpc) is 2.37. The van der Waals surface area contributed by atoms with Crippen LogP contribution in [-0.2, 0) is 5.33 Å². The SMILES string of the molecule is FC(F)=C(F)Oc1cc(CBr)cc(OC(F)=C(F)F)c1. The fraction of sp³-hybridized carbons (Fsp3) is 0.0909. The largest absolute Gasteiger partial charge is 0.428 e. The summed E-state index contributed by atoms with van der Waals surface area (Å²) in [5, 5.41) is 0.146. The number of ether oxygens (including phenoxy) is 2. The molecule has 110 valence electrons. The van der Waals surface area contributed by atoms with Gasteiger partial charge in [-0.2, -0.15) is 26.3 Å². The Morgan fingerprint density at radius 3 is 1.50 bits per heavy atom. The third-order valence-corrected chi connectivity index (χ3v) is 2.45. The van der Waals surface area contributed by atoms with Crippen LogP contribution in [0.5, 0.6) is 11.5 Å². The van der Waals surface area contributed by atoms with Crippen molar-refractivity contribution in [1.29, 1.82) is 0 Å². The van der Waals surface area contributed by atoms with Gasteiger partial charge in [0.15, 0.2) is 0 Å². The fourth-order valence-electron chi connectivity index (χ4n) is 1.11. The van der Waals surface area contributed by atoms with E-state index in [2.05, 4.69) is 25.4 Å². The number of benzene rings is 1. The Labute approximate surface area is 117 Å². The molecule has 0 amide bonds. The van der Waals surface area contributed by atoms with Crippen LogP contribution in [0.3, 0.4) is 0 Å². The molecule has 1 aromatic carbocycles. The van der Waals surface area contributed by atoms with E-state index in [4.69, 9.17) is 0 Å². The highest BCUT2D eigenvalue weighted by molar-refractivity contribution is 9.08. The van der Waals surface area contributed by atoms with Gasteiger partial charge in [0, 0.05) is 11.4 Å². The van der Waals surface area contributed by atoms with Gasteiger partial charge in [-0.15, -0.1) is 0 Å². The molecule has 0 saturated carbocycles. The molecule has 0 aromatic heterocycles. The second-order valence-electron chi connectivity index (χ2n) is 3.22. The maximum absolute atomic E-state index is 12.6. The molecule has 0 aliphatic heterocycles. The fourth-order valence-corrected chi connectivity index (χ4v) is 1.43. The second kappa shape index (κ2) is 7.22. The van der Waals surface area contributed by atoms with Crippen molar-refractivity contribution in [3.8, 4) is 11.5 Å². The maximum atomic E-state index is 12.6. The van der Waals surface area contributed by atoms with Crippen LogP contribution in [0.2, 0.25) is 0 Å². The summed E-state index contributed by atoms with van der Waals surface area (Å²) in [5.41, 5.74) is 0.302. The van der Waals surface area contributed by atoms with Crippen molar-refractivity contribution in [3.05, 3.63) is 47.9 Å². The van der Waals surface area contributed by atoms with Crippen molar-refractivity contribution < 1.29 is 35.8 Å². The number of rotatable bonds is 5. The first-order chi connectivity index (χ1) is 9.33. The summed E-state index contributed by atoms with van der Waals surface area (Å²) in [5.74, 6) is -0.927. The minimum Gasteiger partial charge on any atom is -0.428 e. The van der Waals surface area contributed by atoms with Crippen LogP contribution in [0.1, 0.15) is 5.56 Å². The molecule has 0 bridgehead atoms. The Morgan fingerprint density at radius 1 is 0.800 bits per heavy atom. The normalized spacial score (nSPS) is 9.95. The smallest absolute Gasteiger partial charge is 0.344 e. The molecule has 0 atom stereocenters. The minimum atomic E-state index is -2.70. The monoisotopic (exact) mass is 362 g/mol. The highest BCUT2D eigenvalue weighted by Gasteiger charge is 2.13. The van der Waals surface area contributed by atoms with Crippen molar-refractivity contribution in [2.75, 3.05) is 0 Å². The summed E-state index contributed by atoms with van der Waals surface area (Å²) >= 11 is 3.00. The quantitative estimate of drug-likeness (QED) is 0.396. The summed E-state index contributed by atoms with van der Waals surface area (Å²) < 4.78 is 81.1. The molecule has 0 spiro atoms. The number of alkyl halides is 1. The zero-order valence-corrected chi connectivity index (χ0v) is 11.0. The van der Waals surface area contributed by atoms with E-state index in [0.29, 0.717) is 5.56 Å². The number of hydrogen-bond acceptors (Lipinski definition) is 2. The summed E-state index contributed by atoms with van der Waals surface area (Å²) in [6.45, 7) is 0. The van der Waals surface area contributed by atoms with Crippen LogP contribution < -0.4 is 9.47 Å². The van der Waals surface area contributed by atoms with Gasteiger partial charge in [-0.1, -0.05) is 15.9 Å². The van der Waals surface area contributed by atoms with E-state index >= 15 is 0 Å². The lowest BCUT2D eigenvalue weighted by molar-refractivity contribution is 0.233. The van der Waals surface area contributed by atoms with Crippen molar-refractivity contribution >= 4 is 15.9 Å². The van der Waals surface area contributed by atoms with Gasteiger partial charge in [-0.3, -0.25) is 0 Å². The first-order valence-electron chi connectivity index (χ1n) is 4.80. The Kier molecular flexibility index (Phi) is 5.93. The Hall–Kier alpha value is -1.64. The second-order valence-corrected chi connectivity index (χ2v) is 3.78. The molecule has 0 saturated heterocycles. The molecule has 0 fully saturated rings. The van der Waals surface area contributed by atoms with E-state index in [1.807, 2.05) is 0 Å². The summed E-state index contributed by atoms with van der Waals surface area (Å²) in [6, 6.07) is -1.27. The number of hydrogen-bond donors (Lipinski definition) is 0. The third-order valence-electron chi connectivity index (χ3n) is 1.81.